The molecule has 19 heavy (non-hydrogen) atoms. The molecule has 4 N–H and O–H groups in total. The molecule has 0 fully saturated rings. The van der Waals surface area contributed by atoms with Crippen molar-refractivity contribution in [1.82, 2.24) is 15.0 Å². The summed E-state index contributed by atoms with van der Waals surface area (Å²) in [4.78, 5) is 32.7. The SMILES string of the molecule is Cc1cc(=O)[nH]c(Sc2nc(C(=O)O)ccc2N)n1. The zero-order chi connectivity index (χ0) is 14.0. The first kappa shape index (κ1) is 13.1. The van der Waals surface area contributed by atoms with Crippen LogP contribution in [0, 0.1) is 6.92 Å². The van der Waals surface area contributed by atoms with Crippen LogP contribution in [0.1, 0.15) is 16.2 Å². The van der Waals surface area contributed by atoms with Gasteiger partial charge in [-0.15, -0.1) is 0 Å². The molecule has 2 aromatic rings. The zero-order valence-corrected chi connectivity index (χ0v) is 10.7. The van der Waals surface area contributed by atoms with Crippen LogP contribution >= 0.6 is 11.8 Å². The highest BCUT2D eigenvalue weighted by Gasteiger charge is 2.11. The van der Waals surface area contributed by atoms with Gasteiger partial charge in [-0.2, -0.15) is 0 Å². The lowest BCUT2D eigenvalue weighted by Gasteiger charge is -2.05. The van der Waals surface area contributed by atoms with Gasteiger partial charge in [-0.3, -0.25) is 4.79 Å². The first-order valence-electron chi connectivity index (χ1n) is 5.21. The fourth-order valence-corrected chi connectivity index (χ4v) is 2.20. The molecule has 0 atom stereocenters. The van der Waals surface area contributed by atoms with E-state index in [1.807, 2.05) is 0 Å². The van der Waals surface area contributed by atoms with E-state index in [0.717, 1.165) is 11.8 Å². The molecule has 2 heterocycles. The minimum Gasteiger partial charge on any atom is -0.477 e. The Hall–Kier alpha value is -2.35. The predicted octanol–water partition coefficient (Wildman–Crippen LogP) is 0.905. The Morgan fingerprint density at radius 2 is 2.16 bits per heavy atom. The van der Waals surface area contributed by atoms with Crippen molar-refractivity contribution in [2.24, 2.45) is 0 Å². The maximum absolute atomic E-state index is 11.3. The monoisotopic (exact) mass is 278 g/mol. The molecule has 0 bridgehead atoms. The summed E-state index contributed by atoms with van der Waals surface area (Å²) >= 11 is 1.01. The van der Waals surface area contributed by atoms with E-state index in [-0.39, 0.29) is 16.3 Å². The van der Waals surface area contributed by atoms with Gasteiger partial charge in [0.1, 0.15) is 10.7 Å². The van der Waals surface area contributed by atoms with Gasteiger partial charge in [-0.05, 0) is 30.8 Å². The molecule has 0 unspecified atom stereocenters. The van der Waals surface area contributed by atoms with Crippen molar-refractivity contribution in [1.29, 1.82) is 0 Å². The maximum Gasteiger partial charge on any atom is 0.354 e. The molecule has 7 nitrogen and oxygen atoms in total. The lowest BCUT2D eigenvalue weighted by atomic mass is 10.3. The number of aromatic amines is 1. The van der Waals surface area contributed by atoms with Gasteiger partial charge in [0.2, 0.25) is 0 Å². The summed E-state index contributed by atoms with van der Waals surface area (Å²) in [5.41, 5.74) is 6.18. The number of rotatable bonds is 3. The second kappa shape index (κ2) is 5.11. The van der Waals surface area contributed by atoms with Gasteiger partial charge in [0.25, 0.3) is 5.56 Å². The highest BCUT2D eigenvalue weighted by Crippen LogP contribution is 2.27. The molecule has 0 saturated heterocycles. The third-order valence-electron chi connectivity index (χ3n) is 2.15. The molecule has 0 saturated carbocycles. The Morgan fingerprint density at radius 1 is 1.42 bits per heavy atom. The number of hydrogen-bond donors (Lipinski definition) is 3. The van der Waals surface area contributed by atoms with Crippen LogP contribution in [0.25, 0.3) is 0 Å². The van der Waals surface area contributed by atoms with E-state index in [1.165, 1.54) is 18.2 Å². The first-order valence-corrected chi connectivity index (χ1v) is 6.03. The maximum atomic E-state index is 11.3. The highest BCUT2D eigenvalue weighted by atomic mass is 32.2. The van der Waals surface area contributed by atoms with Crippen LogP contribution in [0.3, 0.4) is 0 Å². The Balaban J connectivity index is 2.39. The molecule has 98 valence electrons. The first-order chi connectivity index (χ1) is 8.95. The van der Waals surface area contributed by atoms with Crippen molar-refractivity contribution >= 4 is 23.4 Å². The minimum atomic E-state index is -1.15. The van der Waals surface area contributed by atoms with Gasteiger partial charge < -0.3 is 15.8 Å². The Morgan fingerprint density at radius 3 is 2.79 bits per heavy atom. The summed E-state index contributed by atoms with van der Waals surface area (Å²) in [6.07, 6.45) is 0. The molecule has 2 rings (SSSR count). The number of carbonyl (C=O) groups is 1. The number of carboxylic acid groups (broad SMARTS) is 1. The van der Waals surface area contributed by atoms with Crippen LogP contribution in [0.15, 0.2) is 33.2 Å². The number of aryl methyl sites for hydroxylation is 1. The molecule has 0 aliphatic rings. The van der Waals surface area contributed by atoms with E-state index >= 15 is 0 Å². The van der Waals surface area contributed by atoms with Gasteiger partial charge in [0.05, 0.1) is 5.69 Å². The number of hydrogen-bond acceptors (Lipinski definition) is 6. The standard InChI is InChI=1S/C11H10N4O3S/c1-5-4-8(16)15-11(13-5)19-9-6(12)2-3-7(14-9)10(17)18/h2-4H,12H2,1H3,(H,17,18)(H,13,15,16). The summed E-state index contributed by atoms with van der Waals surface area (Å²) in [6, 6.07) is 4.12. The summed E-state index contributed by atoms with van der Waals surface area (Å²) < 4.78 is 0. The lowest BCUT2D eigenvalue weighted by molar-refractivity contribution is 0.0690. The fraction of sp³-hybridized carbons (Fsp3) is 0.0909. The number of anilines is 1. The second-order valence-corrected chi connectivity index (χ2v) is 4.67. The largest absolute Gasteiger partial charge is 0.477 e. The van der Waals surface area contributed by atoms with E-state index < -0.39 is 5.97 Å². The van der Waals surface area contributed by atoms with Crippen LogP contribution < -0.4 is 11.3 Å². The minimum absolute atomic E-state index is 0.119. The molecule has 0 aliphatic carbocycles. The molecule has 2 aromatic heterocycles. The van der Waals surface area contributed by atoms with E-state index in [1.54, 1.807) is 6.92 Å². The third-order valence-corrected chi connectivity index (χ3v) is 3.06. The zero-order valence-electron chi connectivity index (χ0n) is 9.88. The van der Waals surface area contributed by atoms with Crippen molar-refractivity contribution < 1.29 is 9.90 Å². The number of carboxylic acids is 1. The molecule has 0 spiro atoms. The van der Waals surface area contributed by atoms with Crippen molar-refractivity contribution in [2.75, 3.05) is 5.73 Å². The van der Waals surface area contributed by atoms with Gasteiger partial charge in [-0.25, -0.2) is 14.8 Å². The smallest absolute Gasteiger partial charge is 0.354 e. The van der Waals surface area contributed by atoms with Gasteiger partial charge in [0, 0.05) is 11.8 Å². The quantitative estimate of drug-likeness (QED) is 0.713. The number of nitrogens with one attached hydrogen (secondary N) is 1. The topological polar surface area (TPSA) is 122 Å². The number of pyridine rings is 1. The number of nitrogens with two attached hydrogens (primary N) is 1. The molecule has 0 aromatic carbocycles. The van der Waals surface area contributed by atoms with Crippen LogP contribution in [0.5, 0.6) is 0 Å². The van der Waals surface area contributed by atoms with E-state index in [2.05, 4.69) is 15.0 Å². The van der Waals surface area contributed by atoms with Crippen LogP contribution in [0.4, 0.5) is 5.69 Å². The second-order valence-electron chi connectivity index (χ2n) is 3.69. The van der Waals surface area contributed by atoms with Crippen LogP contribution in [-0.4, -0.2) is 26.0 Å². The van der Waals surface area contributed by atoms with Crippen LogP contribution in [-0.2, 0) is 0 Å². The number of H-pyrrole nitrogens is 1. The van der Waals surface area contributed by atoms with Crippen molar-refractivity contribution in [2.45, 2.75) is 17.1 Å². The van der Waals surface area contributed by atoms with Gasteiger partial charge >= 0.3 is 5.97 Å². The Kier molecular flexibility index (Phi) is 3.52. The summed E-state index contributed by atoms with van der Waals surface area (Å²) in [7, 11) is 0. The highest BCUT2D eigenvalue weighted by molar-refractivity contribution is 7.99. The van der Waals surface area contributed by atoms with E-state index in [4.69, 9.17) is 10.8 Å². The van der Waals surface area contributed by atoms with Gasteiger partial charge in [0.15, 0.2) is 5.16 Å². The average Bonchev–Trinajstić information content (AvgIpc) is 2.30. The number of nitrogens with zero attached hydrogens (tertiary/aromatic N) is 2. The Labute approximate surface area is 111 Å². The number of aromatic carboxylic acids is 1. The normalized spacial score (nSPS) is 10.4. The van der Waals surface area contributed by atoms with E-state index in [0.29, 0.717) is 16.5 Å². The molecule has 0 aliphatic heterocycles. The molecule has 8 heteroatoms. The van der Waals surface area contributed by atoms with Crippen molar-refractivity contribution in [3.05, 3.63) is 39.9 Å². The van der Waals surface area contributed by atoms with Crippen LogP contribution in [0.2, 0.25) is 0 Å². The molecule has 0 amide bonds. The van der Waals surface area contributed by atoms with Crippen molar-refractivity contribution in [3.8, 4) is 0 Å². The molecular weight excluding hydrogens is 268 g/mol. The lowest BCUT2D eigenvalue weighted by Crippen LogP contribution is -2.09. The summed E-state index contributed by atoms with van der Waals surface area (Å²) in [5.74, 6) is -1.15. The number of nitrogen functional groups attached to an aromatic ring is 1. The predicted molar refractivity (Wildman–Crippen MR) is 69.3 cm³/mol. The van der Waals surface area contributed by atoms with Crippen molar-refractivity contribution in [3.63, 3.8) is 0 Å². The molecule has 0 radical (unpaired) electrons. The third kappa shape index (κ3) is 3.10. The van der Waals surface area contributed by atoms with Gasteiger partial charge in [-0.1, -0.05) is 0 Å². The molecular formula is C11H10N4O3S. The average molecular weight is 278 g/mol. The van der Waals surface area contributed by atoms with E-state index in [9.17, 15) is 9.59 Å². The Bertz CT molecular complexity index is 699. The fourth-order valence-electron chi connectivity index (χ4n) is 1.34. The summed E-state index contributed by atoms with van der Waals surface area (Å²) in [5, 5.41) is 9.47. The summed E-state index contributed by atoms with van der Waals surface area (Å²) in [6.45, 7) is 1.68. The number of aromatic nitrogens is 3.